The van der Waals surface area contributed by atoms with Crippen LogP contribution in [0.5, 0.6) is 0 Å². The molecular weight excluding hydrogens is 316 g/mol. The van der Waals surface area contributed by atoms with Crippen LogP contribution in [0.1, 0.15) is 10.6 Å². The van der Waals surface area contributed by atoms with Crippen molar-refractivity contribution in [1.82, 2.24) is 9.97 Å². The summed E-state index contributed by atoms with van der Waals surface area (Å²) in [7, 11) is 0. The second-order valence-electron chi connectivity index (χ2n) is 6.03. The molecule has 4 aromatic heterocycles. The summed E-state index contributed by atoms with van der Waals surface area (Å²) >= 11 is 1.77. The minimum absolute atomic E-state index is 0.685. The molecule has 1 aromatic carbocycles. The molecule has 0 saturated carbocycles. The van der Waals surface area contributed by atoms with Gasteiger partial charge in [0.1, 0.15) is 5.58 Å². The predicted octanol–water partition coefficient (Wildman–Crippen LogP) is 5.87. The Morgan fingerprint density at radius 2 is 1.83 bits per heavy atom. The molecule has 0 saturated heterocycles. The lowest BCUT2D eigenvalue weighted by Gasteiger charge is -2.02. The molecule has 0 aliphatic rings. The summed E-state index contributed by atoms with van der Waals surface area (Å²) in [4.78, 5) is 10.6. The largest absolute Gasteiger partial charge is 0.437 e. The van der Waals surface area contributed by atoms with Gasteiger partial charge in [-0.25, -0.2) is 9.97 Å². The van der Waals surface area contributed by atoms with Crippen LogP contribution in [0.25, 0.3) is 43.5 Å². The number of hydrogen-bond donors (Lipinski definition) is 0. The number of fused-ring (bicyclic) bond motifs is 4. The summed E-state index contributed by atoms with van der Waals surface area (Å²) in [5.74, 6) is 0. The van der Waals surface area contributed by atoms with Gasteiger partial charge in [-0.15, -0.1) is 11.3 Å². The Balaban J connectivity index is 1.82. The summed E-state index contributed by atoms with van der Waals surface area (Å²) in [6.45, 7) is 4.09. The van der Waals surface area contributed by atoms with Gasteiger partial charge in [-0.05, 0) is 50.2 Å². The summed E-state index contributed by atoms with van der Waals surface area (Å²) < 4.78 is 7.30. The van der Waals surface area contributed by atoms with Gasteiger partial charge in [0.25, 0.3) is 0 Å². The van der Waals surface area contributed by atoms with Crippen LogP contribution in [0.4, 0.5) is 0 Å². The molecule has 0 radical (unpaired) electrons. The van der Waals surface area contributed by atoms with Gasteiger partial charge in [0.05, 0.1) is 15.9 Å². The molecular formula is C20H14N2OS. The van der Waals surface area contributed by atoms with Crippen LogP contribution in [0.3, 0.4) is 0 Å². The molecule has 4 heterocycles. The molecule has 116 valence electrons. The van der Waals surface area contributed by atoms with Crippen molar-refractivity contribution in [2.75, 3.05) is 0 Å². The van der Waals surface area contributed by atoms with E-state index in [1.54, 1.807) is 11.3 Å². The third kappa shape index (κ3) is 1.96. The van der Waals surface area contributed by atoms with E-state index in [1.807, 2.05) is 13.0 Å². The second-order valence-corrected chi connectivity index (χ2v) is 7.31. The molecule has 5 rings (SSSR count). The van der Waals surface area contributed by atoms with Gasteiger partial charge >= 0.3 is 0 Å². The topological polar surface area (TPSA) is 38.9 Å². The molecule has 5 aromatic rings. The lowest BCUT2D eigenvalue weighted by atomic mass is 10.1. The number of thiophene rings is 1. The average molecular weight is 330 g/mol. The SMILES string of the molecule is Cc1ccc2c(n1)oc1c(-c3ccc4sc(C)cc4n3)cccc12. The molecule has 0 unspecified atom stereocenters. The van der Waals surface area contributed by atoms with Gasteiger partial charge in [0.2, 0.25) is 5.71 Å². The summed E-state index contributed by atoms with van der Waals surface area (Å²) in [6.07, 6.45) is 0. The van der Waals surface area contributed by atoms with Gasteiger partial charge < -0.3 is 4.42 Å². The molecule has 3 nitrogen and oxygen atoms in total. The molecule has 0 bridgehead atoms. The molecule has 0 aliphatic heterocycles. The van der Waals surface area contributed by atoms with Crippen LogP contribution in [-0.4, -0.2) is 9.97 Å². The van der Waals surface area contributed by atoms with E-state index in [4.69, 9.17) is 9.40 Å². The van der Waals surface area contributed by atoms with Gasteiger partial charge in [-0.3, -0.25) is 0 Å². The average Bonchev–Trinajstić information content (AvgIpc) is 3.12. The quantitative estimate of drug-likeness (QED) is 0.385. The standard InChI is InChI=1S/C20H14N2OS/c1-11-6-7-14-13-4-3-5-15(19(13)23-20(14)21-11)16-8-9-18-17(22-16)10-12(2)24-18/h3-10H,1-2H3. The van der Waals surface area contributed by atoms with Gasteiger partial charge in [0, 0.05) is 26.9 Å². The zero-order chi connectivity index (χ0) is 16.3. The van der Waals surface area contributed by atoms with E-state index in [2.05, 4.69) is 54.4 Å². The Hall–Kier alpha value is -2.72. The van der Waals surface area contributed by atoms with Gasteiger partial charge in [-0.2, -0.15) is 0 Å². The van der Waals surface area contributed by atoms with Crippen molar-refractivity contribution in [3.8, 4) is 11.3 Å². The highest BCUT2D eigenvalue weighted by molar-refractivity contribution is 7.18. The van der Waals surface area contributed by atoms with E-state index >= 15 is 0 Å². The van der Waals surface area contributed by atoms with Gasteiger partial charge in [-0.1, -0.05) is 12.1 Å². The number of hydrogen-bond acceptors (Lipinski definition) is 4. The number of pyridine rings is 2. The number of para-hydroxylation sites is 1. The Kier molecular flexibility index (Phi) is 2.79. The predicted molar refractivity (Wildman–Crippen MR) is 99.6 cm³/mol. The van der Waals surface area contributed by atoms with Crippen molar-refractivity contribution < 1.29 is 4.42 Å². The van der Waals surface area contributed by atoms with Crippen LogP contribution >= 0.6 is 11.3 Å². The molecule has 4 heteroatoms. The lowest BCUT2D eigenvalue weighted by Crippen LogP contribution is -1.83. The Bertz CT molecular complexity index is 1230. The maximum absolute atomic E-state index is 6.09. The van der Waals surface area contributed by atoms with Gasteiger partial charge in [0.15, 0.2) is 0 Å². The van der Waals surface area contributed by atoms with Crippen molar-refractivity contribution in [2.24, 2.45) is 0 Å². The first-order valence-electron chi connectivity index (χ1n) is 7.85. The van der Waals surface area contributed by atoms with E-state index in [1.165, 1.54) is 9.58 Å². The fraction of sp³-hybridized carbons (Fsp3) is 0.100. The number of benzene rings is 1. The molecule has 0 fully saturated rings. The summed E-state index contributed by atoms with van der Waals surface area (Å²) in [5.41, 5.74) is 5.47. The fourth-order valence-corrected chi connectivity index (χ4v) is 4.03. The number of rotatable bonds is 1. The first-order valence-corrected chi connectivity index (χ1v) is 8.67. The highest BCUT2D eigenvalue weighted by Gasteiger charge is 2.14. The first-order chi connectivity index (χ1) is 11.7. The van der Waals surface area contributed by atoms with Crippen LogP contribution < -0.4 is 0 Å². The molecule has 0 atom stereocenters. The summed E-state index contributed by atoms with van der Waals surface area (Å²) in [5, 5.41) is 2.13. The highest BCUT2D eigenvalue weighted by Crippen LogP contribution is 2.35. The van der Waals surface area contributed by atoms with Crippen LogP contribution in [-0.2, 0) is 0 Å². The Morgan fingerprint density at radius 3 is 2.75 bits per heavy atom. The third-order valence-electron chi connectivity index (χ3n) is 4.28. The number of nitrogens with zero attached hydrogens (tertiary/aromatic N) is 2. The van der Waals surface area contributed by atoms with E-state index in [0.717, 1.165) is 38.8 Å². The molecule has 0 N–H and O–H groups in total. The number of aryl methyl sites for hydroxylation is 2. The second kappa shape index (κ2) is 4.89. The van der Waals surface area contributed by atoms with Crippen LogP contribution in [0.15, 0.2) is 52.9 Å². The smallest absolute Gasteiger partial charge is 0.227 e. The summed E-state index contributed by atoms with van der Waals surface area (Å²) in [6, 6.07) is 16.6. The fourth-order valence-electron chi connectivity index (χ4n) is 3.17. The Labute approximate surface area is 142 Å². The van der Waals surface area contributed by atoms with Crippen LogP contribution in [0, 0.1) is 13.8 Å². The maximum atomic E-state index is 6.09. The lowest BCUT2D eigenvalue weighted by molar-refractivity contribution is 0.653. The first kappa shape index (κ1) is 13.7. The minimum Gasteiger partial charge on any atom is -0.437 e. The van der Waals surface area contributed by atoms with E-state index in [-0.39, 0.29) is 0 Å². The third-order valence-corrected chi connectivity index (χ3v) is 5.28. The van der Waals surface area contributed by atoms with E-state index in [0.29, 0.717) is 5.71 Å². The van der Waals surface area contributed by atoms with E-state index in [9.17, 15) is 0 Å². The number of aromatic nitrogens is 2. The zero-order valence-electron chi connectivity index (χ0n) is 13.3. The minimum atomic E-state index is 0.685. The van der Waals surface area contributed by atoms with E-state index < -0.39 is 0 Å². The monoisotopic (exact) mass is 330 g/mol. The highest BCUT2D eigenvalue weighted by atomic mass is 32.1. The Morgan fingerprint density at radius 1 is 0.917 bits per heavy atom. The van der Waals surface area contributed by atoms with Crippen molar-refractivity contribution in [1.29, 1.82) is 0 Å². The molecule has 0 amide bonds. The molecule has 0 spiro atoms. The van der Waals surface area contributed by atoms with Crippen molar-refractivity contribution in [3.05, 3.63) is 59.1 Å². The van der Waals surface area contributed by atoms with Crippen molar-refractivity contribution >= 4 is 43.6 Å². The molecule has 24 heavy (non-hydrogen) atoms. The van der Waals surface area contributed by atoms with Crippen LogP contribution in [0.2, 0.25) is 0 Å². The van der Waals surface area contributed by atoms with Crippen molar-refractivity contribution in [3.63, 3.8) is 0 Å². The normalized spacial score (nSPS) is 11.8. The van der Waals surface area contributed by atoms with Crippen molar-refractivity contribution in [2.45, 2.75) is 13.8 Å². The zero-order valence-corrected chi connectivity index (χ0v) is 14.1. The number of furan rings is 1. The maximum Gasteiger partial charge on any atom is 0.227 e. The molecule has 0 aliphatic carbocycles.